The van der Waals surface area contributed by atoms with E-state index in [0.717, 1.165) is 38.5 Å². The van der Waals surface area contributed by atoms with Gasteiger partial charge in [0, 0.05) is 32.0 Å². The van der Waals surface area contributed by atoms with Crippen LogP contribution in [0.15, 0.2) is 0 Å². The minimum atomic E-state index is -0.973. The third-order valence-corrected chi connectivity index (χ3v) is 4.61. The summed E-state index contributed by atoms with van der Waals surface area (Å²) in [6, 6.07) is 0. The number of aliphatic carboxylic acids is 2. The first kappa shape index (κ1) is 30.7. The number of carbonyl (C=O) groups is 2. The molecule has 0 aliphatic heterocycles. The van der Waals surface area contributed by atoms with E-state index in [1.54, 1.807) is 0 Å². The van der Waals surface area contributed by atoms with Gasteiger partial charge in [-0.15, -0.1) is 0 Å². The van der Waals surface area contributed by atoms with E-state index in [2.05, 4.69) is 0 Å². The van der Waals surface area contributed by atoms with Crippen molar-refractivity contribution in [3.63, 3.8) is 0 Å². The molecule has 9 heteroatoms. The van der Waals surface area contributed by atoms with Gasteiger partial charge in [0.15, 0.2) is 0 Å². The Balaban J connectivity index is -0.0000000756. The molecule has 0 aromatic heterocycles. The molecular formula is C16H29O4S4Tc-3. The summed E-state index contributed by atoms with van der Waals surface area (Å²) in [6.45, 7) is 0. The third-order valence-electron chi connectivity index (χ3n) is 3.19. The predicted molar refractivity (Wildman–Crippen MR) is 106 cm³/mol. The number of hydrogen-bond donors (Lipinski definition) is 0. The molecule has 0 fully saturated rings. The Hall–Kier alpha value is 0.989. The predicted octanol–water partition coefficient (Wildman–Crippen LogP) is 0.633. The van der Waals surface area contributed by atoms with Crippen molar-refractivity contribution in [2.24, 2.45) is 0 Å². The number of hydrogen-bond acceptors (Lipinski definition) is 8. The van der Waals surface area contributed by atoms with Crippen LogP contribution in [0.1, 0.15) is 68.5 Å². The smallest absolute Gasteiger partial charge is 0.793 e. The molecule has 151 valence electrons. The van der Waals surface area contributed by atoms with Crippen LogP contribution in [0, 0.1) is 0 Å². The summed E-state index contributed by atoms with van der Waals surface area (Å²) < 4.78 is 0. The molecule has 1 radical (unpaired) electrons. The van der Waals surface area contributed by atoms with Gasteiger partial charge in [0.2, 0.25) is 0 Å². The fraction of sp³-hybridized carbons (Fsp3) is 0.875. The third kappa shape index (κ3) is 30.0. The molecule has 2 unspecified atom stereocenters. The van der Waals surface area contributed by atoms with E-state index in [0.29, 0.717) is 24.3 Å². The fourth-order valence-corrected chi connectivity index (χ4v) is 3.27. The minimum Gasteiger partial charge on any atom is -0.793 e. The van der Waals surface area contributed by atoms with Gasteiger partial charge in [-0.05, 0) is 25.7 Å². The van der Waals surface area contributed by atoms with Gasteiger partial charge >= 0.3 is 4.28 Å². The molecule has 0 saturated heterocycles. The summed E-state index contributed by atoms with van der Waals surface area (Å²) in [4.78, 5) is 20.0. The minimum absolute atomic E-state index is 0. The van der Waals surface area contributed by atoms with Crippen molar-refractivity contribution in [3.8, 4) is 0 Å². The molecule has 0 heterocycles. The van der Waals surface area contributed by atoms with Gasteiger partial charge in [-0.25, -0.2) is 0 Å². The van der Waals surface area contributed by atoms with Crippen molar-refractivity contribution in [1.29, 1.82) is 0 Å². The average molecular weight is 512 g/mol. The molecule has 25 heavy (non-hydrogen) atoms. The number of rotatable bonds is 14. The molecule has 0 aromatic carbocycles. The van der Waals surface area contributed by atoms with Gasteiger partial charge in [-0.1, -0.05) is 38.5 Å². The quantitative estimate of drug-likeness (QED) is 0.248. The van der Waals surface area contributed by atoms with Gasteiger partial charge in [-0.3, -0.25) is 0 Å². The van der Waals surface area contributed by atoms with E-state index in [1.165, 1.54) is 0 Å². The van der Waals surface area contributed by atoms with Crippen molar-refractivity contribution in [2.75, 3.05) is 11.5 Å². The molecule has 0 saturated carbocycles. The van der Waals surface area contributed by atoms with Gasteiger partial charge in [-0.2, -0.15) is 22.0 Å². The summed E-state index contributed by atoms with van der Waals surface area (Å²) in [5, 5.41) is 20.5. The molecular weight excluding hydrogens is 482 g/mol. The number of carboxylic acid groups (broad SMARTS) is 2. The summed E-state index contributed by atoms with van der Waals surface area (Å²) in [5.41, 5.74) is 0. The van der Waals surface area contributed by atoms with Gasteiger partial charge in [0.25, 0.3) is 0 Å². The van der Waals surface area contributed by atoms with Crippen molar-refractivity contribution >= 4 is 62.5 Å². The molecule has 0 N–H and O–H groups in total. The van der Waals surface area contributed by atoms with Crippen LogP contribution in [-0.4, -0.2) is 33.9 Å². The molecule has 2 atom stereocenters. The second kappa shape index (κ2) is 23.0. The maximum Gasteiger partial charge on any atom is 1.00 e. The van der Waals surface area contributed by atoms with Crippen molar-refractivity contribution in [3.05, 3.63) is 0 Å². The Morgan fingerprint density at radius 3 is 1.28 bits per heavy atom. The first-order valence-corrected chi connectivity index (χ1v) is 10.3. The number of carbonyl (C=O) groups excluding carboxylic acids is 2. The molecule has 0 spiro atoms. The molecule has 0 bridgehead atoms. The summed E-state index contributed by atoms with van der Waals surface area (Å²) in [6.07, 6.45) is 6.96. The van der Waals surface area contributed by atoms with E-state index < -0.39 is 11.9 Å². The molecule has 4 nitrogen and oxygen atoms in total. The zero-order valence-electron chi connectivity index (χ0n) is 17.3. The zero-order chi connectivity index (χ0) is 18.8. The van der Waals surface area contributed by atoms with Crippen molar-refractivity contribution in [1.82, 2.24) is 0 Å². The molecule has 0 amide bonds. The molecule has 0 aliphatic rings. The Bertz CT molecular complexity index is 306. The summed E-state index contributed by atoms with van der Waals surface area (Å²) in [5.74, 6) is -0.540. The summed E-state index contributed by atoms with van der Waals surface area (Å²) >= 11 is 19.7. The van der Waals surface area contributed by atoms with E-state index in [-0.39, 0.29) is 47.7 Å². The van der Waals surface area contributed by atoms with Crippen LogP contribution in [0.4, 0.5) is 0 Å². The maximum absolute atomic E-state index is 10.0. The van der Waals surface area contributed by atoms with Crippen LogP contribution < -0.4 is 10.2 Å². The molecule has 0 aliphatic carbocycles. The first-order chi connectivity index (χ1) is 11.3. The fourth-order valence-electron chi connectivity index (χ4n) is 1.83. The standard InChI is InChI=1S/2C8H16O2S2.Tc/c2*9-8(10)4-2-1-3-7(12)5-6-11;/h2*7,11-12H,1-6H2,(H,9,10);/p-3. The normalized spacial score (nSPS) is 12.3. The monoisotopic (exact) mass is 510 g/mol. The van der Waals surface area contributed by atoms with Crippen LogP contribution in [0.3, 0.4) is 0 Å². The van der Waals surface area contributed by atoms with Gasteiger partial charge < -0.3 is 70.3 Å². The SMILES string of the molecule is O=C([O-])CCCCC([S-])CC[S-].O=C([O-])CCCCC([S-])CC[S-].[H+].[H+].[H+].[Tc]. The molecule has 0 aromatic rings. The van der Waals surface area contributed by atoms with Crippen LogP contribution in [-0.2, 0) is 80.2 Å². The Morgan fingerprint density at radius 1 is 0.720 bits per heavy atom. The number of unbranched alkanes of at least 4 members (excludes halogenated alkanes) is 2. The molecule has 0 rings (SSSR count). The van der Waals surface area contributed by atoms with Crippen molar-refractivity contribution < 1.29 is 44.2 Å². The largest absolute Gasteiger partial charge is 1.00 e. The van der Waals surface area contributed by atoms with Crippen LogP contribution >= 0.6 is 0 Å². The zero-order valence-corrected chi connectivity index (χ0v) is 19.4. The van der Waals surface area contributed by atoms with E-state index in [4.69, 9.17) is 50.5 Å². The second-order valence-corrected chi connectivity index (χ2v) is 7.62. The van der Waals surface area contributed by atoms with E-state index in [9.17, 15) is 19.8 Å². The van der Waals surface area contributed by atoms with Crippen molar-refractivity contribution in [2.45, 2.75) is 74.7 Å². The van der Waals surface area contributed by atoms with Gasteiger partial charge in [0.1, 0.15) is 0 Å². The maximum atomic E-state index is 10.0. The van der Waals surface area contributed by atoms with Gasteiger partial charge in [0.05, 0.1) is 0 Å². The van der Waals surface area contributed by atoms with E-state index >= 15 is 0 Å². The average Bonchev–Trinajstić information content (AvgIpc) is 2.49. The second-order valence-electron chi connectivity index (χ2n) is 5.47. The Kier molecular flexibility index (Phi) is 28.3. The Labute approximate surface area is 192 Å². The summed E-state index contributed by atoms with van der Waals surface area (Å²) in [7, 11) is 0. The van der Waals surface area contributed by atoms with Crippen LogP contribution in [0.25, 0.3) is 0 Å². The number of carboxylic acids is 2. The van der Waals surface area contributed by atoms with Crippen LogP contribution in [0.2, 0.25) is 0 Å². The van der Waals surface area contributed by atoms with Crippen LogP contribution in [0.5, 0.6) is 0 Å². The van der Waals surface area contributed by atoms with E-state index in [1.807, 2.05) is 0 Å². The first-order valence-electron chi connectivity index (χ1n) is 8.21. The topological polar surface area (TPSA) is 80.3 Å². The Morgan fingerprint density at radius 2 is 1.04 bits per heavy atom.